The van der Waals surface area contributed by atoms with Crippen molar-refractivity contribution in [2.24, 2.45) is 0 Å². The van der Waals surface area contributed by atoms with Gasteiger partial charge in [-0.25, -0.2) is 0 Å². The Morgan fingerprint density at radius 1 is 0.350 bits per heavy atom. The second-order valence-electron chi connectivity index (χ2n) is 14.5. The van der Waals surface area contributed by atoms with Crippen LogP contribution < -0.4 is 14.2 Å². The van der Waals surface area contributed by atoms with Gasteiger partial charge in [0.25, 0.3) is 0 Å². The van der Waals surface area contributed by atoms with E-state index >= 15 is 0 Å². The molecule has 0 bridgehead atoms. The molecule has 0 atom stereocenters. The van der Waals surface area contributed by atoms with Crippen LogP contribution >= 0.6 is 0 Å². The first-order chi connectivity index (χ1) is 28.7. The third-order valence-corrected chi connectivity index (χ3v) is 11.2. The van der Waals surface area contributed by atoms with E-state index in [1.54, 1.807) is 6.07 Å². The standard InChI is InChI=1S/C54H39O4.Ho.No/c1-2-56-48-30-26-37-15-5-9-21-45(37)53(48)54-46-22-10-6-16-38(46)28-32-50(54)58-34-40-24-23-39(41-17-11-12-18-42(40)41)33-57-49-31-27-36-14-4-8-20-44(36)52(49)51-43-19-7-3-13-35(43)25-29-47(51)55;;/h3-32,55H,1-2,33-34H2;;/q-1;;. The van der Waals surface area contributed by atoms with Crippen LogP contribution in [0.1, 0.15) is 11.1 Å². The van der Waals surface area contributed by atoms with Gasteiger partial charge in [0.2, 0.25) is 0 Å². The summed E-state index contributed by atoms with van der Waals surface area (Å²) >= 11 is 0. The van der Waals surface area contributed by atoms with Gasteiger partial charge in [-0.1, -0.05) is 158 Å². The average molecular weight is 1180 g/mol. The third-order valence-electron chi connectivity index (χ3n) is 11.2. The molecule has 60 heavy (non-hydrogen) atoms. The summed E-state index contributed by atoms with van der Waals surface area (Å²) in [7, 11) is 0. The molecule has 10 aromatic carbocycles. The molecule has 1 N–H and O–H groups in total. The van der Waals surface area contributed by atoms with Crippen molar-refractivity contribution in [3.05, 3.63) is 200 Å². The van der Waals surface area contributed by atoms with Crippen molar-refractivity contribution in [2.75, 3.05) is 6.61 Å². The quantitative estimate of drug-likeness (QED) is 0.110. The molecule has 0 aliphatic carbocycles. The molecule has 0 spiro atoms. The molecule has 0 aliphatic rings. The molecule has 0 heterocycles. The summed E-state index contributed by atoms with van der Waals surface area (Å²) in [6.45, 7) is 5.00. The van der Waals surface area contributed by atoms with E-state index in [0.29, 0.717) is 25.6 Å². The van der Waals surface area contributed by atoms with Crippen LogP contribution in [-0.4, -0.2) is 11.7 Å². The van der Waals surface area contributed by atoms with Gasteiger partial charge in [0.05, 0.1) is 0 Å². The van der Waals surface area contributed by atoms with Gasteiger partial charge >= 0.3 is 0 Å². The van der Waals surface area contributed by atoms with Gasteiger partial charge in [-0.15, -0.1) is 0 Å². The molecule has 1 radical (unpaired) electrons. The maximum Gasteiger partial charge on any atom is 0.128 e. The Kier molecular flexibility index (Phi) is 11.3. The molecule has 0 fully saturated rings. The molecule has 305 valence electrons. The van der Waals surface area contributed by atoms with Crippen molar-refractivity contribution >= 4 is 53.9 Å². The summed E-state index contributed by atoms with van der Waals surface area (Å²) in [5.74, 6) is 2.48. The maximum absolute atomic E-state index is 11.4. The minimum atomic E-state index is 0. The van der Waals surface area contributed by atoms with Crippen LogP contribution in [0, 0.1) is 44.7 Å². The molecule has 0 saturated carbocycles. The van der Waals surface area contributed by atoms with Crippen LogP contribution in [0.15, 0.2) is 182 Å². The molecule has 0 unspecified atom stereocenters. The van der Waals surface area contributed by atoms with E-state index in [9.17, 15) is 5.11 Å². The summed E-state index contributed by atoms with van der Waals surface area (Å²) < 4.78 is 19.8. The minimum Gasteiger partial charge on any atom is -0.525 e. The van der Waals surface area contributed by atoms with E-state index in [4.69, 9.17) is 14.2 Å². The van der Waals surface area contributed by atoms with Crippen molar-refractivity contribution in [1.82, 2.24) is 0 Å². The Hall–Kier alpha value is -7.04. The number of benzene rings is 10. The van der Waals surface area contributed by atoms with E-state index in [1.165, 1.54) is 0 Å². The van der Waals surface area contributed by atoms with Crippen molar-refractivity contribution in [1.29, 1.82) is 0 Å². The topological polar surface area (TPSA) is 47.9 Å². The third kappa shape index (κ3) is 7.09. The second-order valence-corrected chi connectivity index (χ2v) is 14.5. The summed E-state index contributed by atoms with van der Waals surface area (Å²) in [4.78, 5) is 0. The zero-order valence-electron chi connectivity index (χ0n) is 32.4. The van der Waals surface area contributed by atoms with Crippen LogP contribution in [0.4, 0.5) is 0 Å². The fourth-order valence-electron chi connectivity index (χ4n) is 8.51. The Morgan fingerprint density at radius 2 is 0.667 bits per heavy atom. The smallest absolute Gasteiger partial charge is 0.128 e. The number of phenols is 1. The summed E-state index contributed by atoms with van der Waals surface area (Å²) in [5, 5.41) is 22.1. The monoisotopic (exact) mass is 1180 g/mol. The van der Waals surface area contributed by atoms with Crippen molar-refractivity contribution < 1.29 is 57.1 Å². The first kappa shape index (κ1) is 39.8. The normalized spacial score (nSPS) is 11.1. The predicted octanol–water partition coefficient (Wildman–Crippen LogP) is 13.9. The van der Waals surface area contributed by atoms with Gasteiger partial charge in [-0.05, 0) is 95.9 Å². The van der Waals surface area contributed by atoms with Crippen LogP contribution in [0.2, 0.25) is 0 Å². The first-order valence-electron chi connectivity index (χ1n) is 19.6. The Labute approximate surface area is 373 Å². The van der Waals surface area contributed by atoms with Gasteiger partial charge in [-0.3, -0.25) is 0 Å². The Balaban J connectivity index is 0.00000249. The Bertz CT molecular complexity index is 3180. The average Bonchev–Trinajstić information content (AvgIpc) is 3.28. The van der Waals surface area contributed by atoms with Gasteiger partial charge in [0.15, 0.2) is 0 Å². The second kappa shape index (κ2) is 17.1. The van der Waals surface area contributed by atoms with Crippen LogP contribution in [0.3, 0.4) is 0 Å². The minimum absolute atomic E-state index is 0. The van der Waals surface area contributed by atoms with Crippen molar-refractivity contribution in [3.63, 3.8) is 0 Å². The number of rotatable bonds is 10. The molecular weight excluding hydrogens is 1140 g/mol. The van der Waals surface area contributed by atoms with Gasteiger partial charge in [-0.2, -0.15) is 0 Å². The number of hydrogen-bond donors (Lipinski definition) is 1. The van der Waals surface area contributed by atoms with Crippen molar-refractivity contribution in [3.8, 4) is 45.3 Å². The van der Waals surface area contributed by atoms with Gasteiger partial charge in [0.1, 0.15) is 36.2 Å². The summed E-state index contributed by atoms with van der Waals surface area (Å²) in [5.41, 5.74) is 5.76. The Morgan fingerprint density at radius 3 is 1.07 bits per heavy atom. The van der Waals surface area contributed by atoms with Gasteiger partial charge < -0.3 is 26.2 Å². The zero-order valence-corrected chi connectivity index (χ0v) is 36.5. The van der Waals surface area contributed by atoms with E-state index in [0.717, 1.165) is 98.7 Å². The molecular formula is C54H39HoNoO4-. The number of aromatic hydroxyl groups is 1. The molecule has 0 aliphatic heterocycles. The zero-order chi connectivity index (χ0) is 39.0. The molecule has 4 nitrogen and oxygen atoms in total. The van der Waals surface area contributed by atoms with Crippen molar-refractivity contribution in [2.45, 2.75) is 13.2 Å². The van der Waals surface area contributed by atoms with Crippen LogP contribution in [0.25, 0.3) is 76.1 Å². The largest absolute Gasteiger partial charge is 0.525 e. The van der Waals surface area contributed by atoms with E-state index in [-0.39, 0.29) is 43.5 Å². The van der Waals surface area contributed by atoms with E-state index in [2.05, 4.69) is 140 Å². The van der Waals surface area contributed by atoms with E-state index in [1.807, 2.05) is 42.5 Å². The summed E-state index contributed by atoms with van der Waals surface area (Å²) in [6.07, 6.45) is 0. The van der Waals surface area contributed by atoms with Crippen LogP contribution in [0.5, 0.6) is 23.0 Å². The summed E-state index contributed by atoms with van der Waals surface area (Å²) in [6, 6.07) is 62.1. The number of ether oxygens (including phenoxy) is 3. The molecule has 10 rings (SSSR count). The molecule has 0 amide bonds. The predicted molar refractivity (Wildman–Crippen MR) is 239 cm³/mol. The fraction of sp³-hybridized carbons (Fsp3) is 0.0556. The molecule has 0 saturated heterocycles. The molecule has 10 aromatic rings. The number of phenolic OH excluding ortho intramolecular Hbond substituents is 1. The first-order valence-corrected chi connectivity index (χ1v) is 19.6. The SMILES string of the molecule is [CH2-]COc1ccc2ccccc2c1-c1c(OCc2ccc(COc3ccc4ccccc4c3-c3c(O)ccc4ccccc34)c3ccccc23)ccc2ccccc12.[Ho].[No]. The maximum atomic E-state index is 11.4. The van der Waals surface area contributed by atoms with E-state index < -0.39 is 0 Å². The number of hydrogen-bond acceptors (Lipinski definition) is 4. The van der Waals surface area contributed by atoms with Gasteiger partial charge in [0, 0.05) is 60.0 Å². The molecule has 0 aromatic heterocycles. The number of fused-ring (bicyclic) bond motifs is 5. The molecule has 6 heteroatoms. The fourth-order valence-corrected chi connectivity index (χ4v) is 8.51. The van der Waals surface area contributed by atoms with Crippen LogP contribution in [-0.2, 0) is 13.2 Å².